The van der Waals surface area contributed by atoms with Crippen LogP contribution >= 0.6 is 0 Å². The smallest absolute Gasteiger partial charge is 0.181 e. The average molecular weight is 246 g/mol. The summed E-state index contributed by atoms with van der Waals surface area (Å²) < 4.78 is 0. The van der Waals surface area contributed by atoms with Gasteiger partial charge in [0, 0.05) is 6.04 Å². The molecular weight excluding hydrogens is 228 g/mol. The number of hydrogen-bond acceptors (Lipinski definition) is 5. The molecule has 0 saturated carbocycles. The second-order valence-electron chi connectivity index (χ2n) is 5.04. The van der Waals surface area contributed by atoms with E-state index in [-0.39, 0.29) is 12.1 Å². The molecular formula is C12H18N6. The van der Waals surface area contributed by atoms with Crippen LogP contribution in [0.5, 0.6) is 0 Å². The molecule has 96 valence electrons. The zero-order valence-corrected chi connectivity index (χ0v) is 10.7. The standard InChI is InChI=1S/C12H18N6/c1-7-16-10(11-12(17-7)15-6-14-11)9-5-8(13)3-4-18(9)2/h6,8-9H,3-5,13H2,1-2H3,(H,14,15,16,17). The predicted octanol–water partition coefficient (Wildman–Crippen LogP) is 0.755. The molecule has 6 heteroatoms. The quantitative estimate of drug-likeness (QED) is 0.776. The van der Waals surface area contributed by atoms with E-state index in [1.807, 2.05) is 6.92 Å². The third kappa shape index (κ3) is 1.87. The molecule has 2 unspecified atom stereocenters. The summed E-state index contributed by atoms with van der Waals surface area (Å²) in [5.41, 5.74) is 8.78. The number of likely N-dealkylation sites (tertiary alicyclic amines) is 1. The van der Waals surface area contributed by atoms with E-state index in [0.717, 1.165) is 42.1 Å². The maximum absolute atomic E-state index is 6.09. The lowest BCUT2D eigenvalue weighted by Gasteiger charge is -2.35. The largest absolute Gasteiger partial charge is 0.342 e. The molecule has 3 heterocycles. The van der Waals surface area contributed by atoms with Gasteiger partial charge in [0.25, 0.3) is 0 Å². The van der Waals surface area contributed by atoms with Crippen molar-refractivity contribution in [3.05, 3.63) is 17.8 Å². The number of nitrogens with zero attached hydrogens (tertiary/aromatic N) is 4. The highest BCUT2D eigenvalue weighted by molar-refractivity contribution is 5.73. The number of aromatic amines is 1. The SMILES string of the molecule is Cc1nc(C2CC(N)CCN2C)c2[nH]cnc2n1. The molecule has 0 radical (unpaired) electrons. The summed E-state index contributed by atoms with van der Waals surface area (Å²) in [6.45, 7) is 2.91. The van der Waals surface area contributed by atoms with Crippen molar-refractivity contribution >= 4 is 11.2 Å². The third-order valence-corrected chi connectivity index (χ3v) is 3.65. The van der Waals surface area contributed by atoms with Crippen LogP contribution in [0.15, 0.2) is 6.33 Å². The Morgan fingerprint density at radius 2 is 2.28 bits per heavy atom. The van der Waals surface area contributed by atoms with Gasteiger partial charge < -0.3 is 10.7 Å². The Kier molecular flexibility index (Phi) is 2.76. The molecule has 18 heavy (non-hydrogen) atoms. The van der Waals surface area contributed by atoms with Crippen LogP contribution in [0.25, 0.3) is 11.2 Å². The van der Waals surface area contributed by atoms with Crippen molar-refractivity contribution in [2.24, 2.45) is 5.73 Å². The van der Waals surface area contributed by atoms with Crippen molar-refractivity contribution in [1.82, 2.24) is 24.8 Å². The van der Waals surface area contributed by atoms with Crippen molar-refractivity contribution in [3.63, 3.8) is 0 Å². The number of hydrogen-bond donors (Lipinski definition) is 2. The topological polar surface area (TPSA) is 83.7 Å². The summed E-state index contributed by atoms with van der Waals surface area (Å²) in [7, 11) is 2.12. The van der Waals surface area contributed by atoms with Gasteiger partial charge in [-0.2, -0.15) is 0 Å². The number of fused-ring (bicyclic) bond motifs is 1. The van der Waals surface area contributed by atoms with Crippen LogP contribution in [0.4, 0.5) is 0 Å². The lowest BCUT2D eigenvalue weighted by atomic mass is 9.95. The molecule has 0 aromatic carbocycles. The van der Waals surface area contributed by atoms with E-state index >= 15 is 0 Å². The second-order valence-corrected chi connectivity index (χ2v) is 5.04. The van der Waals surface area contributed by atoms with E-state index in [0.29, 0.717) is 0 Å². The Balaban J connectivity index is 2.09. The van der Waals surface area contributed by atoms with E-state index in [2.05, 4.69) is 31.9 Å². The zero-order chi connectivity index (χ0) is 12.7. The van der Waals surface area contributed by atoms with Gasteiger partial charge in [0.15, 0.2) is 5.65 Å². The van der Waals surface area contributed by atoms with Gasteiger partial charge in [-0.15, -0.1) is 0 Å². The highest BCUT2D eigenvalue weighted by Gasteiger charge is 2.28. The predicted molar refractivity (Wildman–Crippen MR) is 69.0 cm³/mol. The minimum absolute atomic E-state index is 0.249. The number of piperidine rings is 1. The Hall–Kier alpha value is -1.53. The number of aryl methyl sites for hydroxylation is 1. The van der Waals surface area contributed by atoms with Gasteiger partial charge in [-0.3, -0.25) is 4.90 Å². The highest BCUT2D eigenvalue weighted by atomic mass is 15.2. The van der Waals surface area contributed by atoms with Gasteiger partial charge in [0.2, 0.25) is 0 Å². The van der Waals surface area contributed by atoms with Crippen molar-refractivity contribution in [2.45, 2.75) is 31.8 Å². The van der Waals surface area contributed by atoms with Gasteiger partial charge in [-0.05, 0) is 33.4 Å². The van der Waals surface area contributed by atoms with E-state index in [1.165, 1.54) is 0 Å². The van der Waals surface area contributed by atoms with Crippen LogP contribution in [0.1, 0.15) is 30.4 Å². The first kappa shape index (κ1) is 11.6. The first-order valence-corrected chi connectivity index (χ1v) is 6.28. The number of imidazole rings is 1. The Morgan fingerprint density at radius 1 is 1.44 bits per heavy atom. The van der Waals surface area contributed by atoms with E-state index in [9.17, 15) is 0 Å². The van der Waals surface area contributed by atoms with Crippen LogP contribution < -0.4 is 5.73 Å². The van der Waals surface area contributed by atoms with Crippen molar-refractivity contribution in [2.75, 3.05) is 13.6 Å². The van der Waals surface area contributed by atoms with E-state index < -0.39 is 0 Å². The molecule has 0 amide bonds. The zero-order valence-electron chi connectivity index (χ0n) is 10.7. The number of rotatable bonds is 1. The van der Waals surface area contributed by atoms with Gasteiger partial charge >= 0.3 is 0 Å². The molecule has 2 atom stereocenters. The fourth-order valence-corrected chi connectivity index (χ4v) is 2.64. The minimum atomic E-state index is 0.249. The maximum Gasteiger partial charge on any atom is 0.181 e. The molecule has 3 N–H and O–H groups in total. The Labute approximate surface area is 106 Å². The molecule has 1 saturated heterocycles. The minimum Gasteiger partial charge on any atom is -0.342 e. The molecule has 1 fully saturated rings. The lowest BCUT2D eigenvalue weighted by Crippen LogP contribution is -2.40. The van der Waals surface area contributed by atoms with Crippen LogP contribution in [0.3, 0.4) is 0 Å². The third-order valence-electron chi connectivity index (χ3n) is 3.65. The van der Waals surface area contributed by atoms with Crippen LogP contribution in [0.2, 0.25) is 0 Å². The first-order valence-electron chi connectivity index (χ1n) is 6.28. The normalized spacial score (nSPS) is 25.7. The van der Waals surface area contributed by atoms with Crippen molar-refractivity contribution in [3.8, 4) is 0 Å². The average Bonchev–Trinajstić information content (AvgIpc) is 2.79. The lowest BCUT2D eigenvalue weighted by molar-refractivity contribution is 0.169. The molecule has 3 rings (SSSR count). The first-order chi connectivity index (χ1) is 8.65. The van der Waals surface area contributed by atoms with E-state index in [4.69, 9.17) is 5.73 Å². The molecule has 0 bridgehead atoms. The summed E-state index contributed by atoms with van der Waals surface area (Å²) >= 11 is 0. The maximum atomic E-state index is 6.09. The van der Waals surface area contributed by atoms with Gasteiger partial charge in [0.1, 0.15) is 11.3 Å². The van der Waals surface area contributed by atoms with Gasteiger partial charge in [-0.25, -0.2) is 15.0 Å². The van der Waals surface area contributed by atoms with Gasteiger partial charge in [0.05, 0.1) is 18.1 Å². The molecule has 0 spiro atoms. The molecule has 2 aromatic heterocycles. The van der Waals surface area contributed by atoms with E-state index in [1.54, 1.807) is 6.33 Å². The van der Waals surface area contributed by atoms with Crippen LogP contribution in [-0.4, -0.2) is 44.5 Å². The van der Waals surface area contributed by atoms with Crippen molar-refractivity contribution < 1.29 is 0 Å². The molecule has 6 nitrogen and oxygen atoms in total. The molecule has 1 aliphatic heterocycles. The number of H-pyrrole nitrogens is 1. The van der Waals surface area contributed by atoms with Crippen molar-refractivity contribution in [1.29, 1.82) is 0 Å². The number of nitrogens with one attached hydrogen (secondary N) is 1. The summed E-state index contributed by atoms with van der Waals surface area (Å²) in [4.78, 5) is 18.6. The fraction of sp³-hybridized carbons (Fsp3) is 0.583. The number of nitrogens with two attached hydrogens (primary N) is 1. The van der Waals surface area contributed by atoms with Gasteiger partial charge in [-0.1, -0.05) is 0 Å². The number of aromatic nitrogens is 4. The molecule has 2 aromatic rings. The monoisotopic (exact) mass is 246 g/mol. The summed E-state index contributed by atoms with van der Waals surface area (Å²) in [6, 6.07) is 0.498. The summed E-state index contributed by atoms with van der Waals surface area (Å²) in [5, 5.41) is 0. The molecule has 0 aliphatic carbocycles. The highest BCUT2D eigenvalue weighted by Crippen LogP contribution is 2.30. The summed E-state index contributed by atoms with van der Waals surface area (Å²) in [5.74, 6) is 0.761. The molecule has 1 aliphatic rings. The Morgan fingerprint density at radius 3 is 3.11 bits per heavy atom. The van der Waals surface area contributed by atoms with Crippen LogP contribution in [0, 0.1) is 6.92 Å². The Bertz CT molecular complexity index is 563. The fourth-order valence-electron chi connectivity index (χ4n) is 2.64. The second kappa shape index (κ2) is 4.29. The summed E-state index contributed by atoms with van der Waals surface area (Å²) in [6.07, 6.45) is 3.65. The van der Waals surface area contributed by atoms with Crippen LogP contribution in [-0.2, 0) is 0 Å².